The summed E-state index contributed by atoms with van der Waals surface area (Å²) in [6.07, 6.45) is 62.4. The number of rotatable bonds is 40. The first kappa shape index (κ1) is 44.4. The highest BCUT2D eigenvalue weighted by Gasteiger charge is 1.97. The highest BCUT2D eigenvalue weighted by molar-refractivity contribution is 5.57. The average molecular weight is 630 g/mol. The largest absolute Gasteiger partial charge is 0.269 e. The summed E-state index contributed by atoms with van der Waals surface area (Å²) >= 11 is 0. The Balaban J connectivity index is 3.14. The van der Waals surface area contributed by atoms with Crippen molar-refractivity contribution in [2.75, 3.05) is 0 Å². The van der Waals surface area contributed by atoms with Gasteiger partial charge in [0.2, 0.25) is 0 Å². The van der Waals surface area contributed by atoms with Gasteiger partial charge in [-0.05, 0) is 25.7 Å². The van der Waals surface area contributed by atoms with Crippen LogP contribution in [0.3, 0.4) is 0 Å². The monoisotopic (exact) mass is 630 g/mol. The predicted molar refractivity (Wildman–Crippen MR) is 209 cm³/mol. The van der Waals surface area contributed by atoms with E-state index in [0.29, 0.717) is 0 Å². The van der Waals surface area contributed by atoms with Crippen LogP contribution in [0.1, 0.15) is 264 Å². The Labute approximate surface area is 287 Å². The topological polar surface area (TPSA) is 12.4 Å². The van der Waals surface area contributed by atoms with Crippen molar-refractivity contribution in [3.05, 3.63) is 12.3 Å². The molecule has 0 aliphatic heterocycles. The maximum Gasteiger partial charge on any atom is 0.0223 e. The molecule has 0 unspecified atom stereocenters. The quantitative estimate of drug-likeness (QED) is 0.0472. The molecule has 0 bridgehead atoms. The van der Waals surface area contributed by atoms with E-state index in [-0.39, 0.29) is 0 Å². The fourth-order valence-corrected chi connectivity index (χ4v) is 6.75. The molecule has 0 aromatic carbocycles. The van der Waals surface area contributed by atoms with Gasteiger partial charge in [0.15, 0.2) is 0 Å². The molecular formula is C44H87N. The molecule has 0 aliphatic rings. The lowest BCUT2D eigenvalue weighted by molar-refractivity contribution is 0.524. The Kier molecular flexibility index (Phi) is 42.8. The Morgan fingerprint density at radius 3 is 0.756 bits per heavy atom. The van der Waals surface area contributed by atoms with E-state index in [2.05, 4.69) is 31.1 Å². The molecular weight excluding hydrogens is 542 g/mol. The molecule has 0 amide bonds. The summed E-state index contributed by atoms with van der Waals surface area (Å²) in [6, 6.07) is 0. The molecule has 0 aromatic heterocycles. The molecule has 0 rings (SSSR count). The second-order valence-electron chi connectivity index (χ2n) is 14.7. The maximum absolute atomic E-state index is 4.50. The first-order chi connectivity index (χ1) is 22.4. The number of nitrogens with zero attached hydrogens (tertiary/aromatic N) is 1. The number of aliphatic imine (C=N–C) groups is 1. The van der Waals surface area contributed by atoms with Crippen LogP contribution in [0.15, 0.2) is 17.3 Å². The first-order valence-corrected chi connectivity index (χ1v) is 21.6. The number of hydrogen-bond acceptors (Lipinski definition) is 1. The second-order valence-corrected chi connectivity index (χ2v) is 14.7. The lowest BCUT2D eigenvalue weighted by Crippen LogP contribution is -1.84. The zero-order valence-electron chi connectivity index (χ0n) is 31.8. The van der Waals surface area contributed by atoms with E-state index in [1.165, 1.54) is 244 Å². The van der Waals surface area contributed by atoms with Gasteiger partial charge in [0.05, 0.1) is 0 Å². The van der Waals surface area contributed by atoms with Crippen LogP contribution < -0.4 is 0 Å². The predicted octanol–water partition coefficient (Wildman–Crippen LogP) is 16.8. The molecule has 0 spiro atoms. The molecule has 0 N–H and O–H groups in total. The van der Waals surface area contributed by atoms with Gasteiger partial charge in [-0.25, -0.2) is 0 Å². The van der Waals surface area contributed by atoms with Crippen LogP contribution in [-0.2, 0) is 0 Å². The van der Waals surface area contributed by atoms with E-state index in [4.69, 9.17) is 0 Å². The van der Waals surface area contributed by atoms with Crippen LogP contribution in [0, 0.1) is 0 Å². The van der Waals surface area contributed by atoms with Crippen molar-refractivity contribution in [3.8, 4) is 0 Å². The molecule has 268 valence electrons. The first-order valence-electron chi connectivity index (χ1n) is 21.6. The van der Waals surface area contributed by atoms with Crippen molar-refractivity contribution >= 4 is 6.21 Å². The Hall–Kier alpha value is -0.590. The van der Waals surface area contributed by atoms with Crippen molar-refractivity contribution < 1.29 is 0 Å². The van der Waals surface area contributed by atoms with E-state index >= 15 is 0 Å². The smallest absolute Gasteiger partial charge is 0.0223 e. The van der Waals surface area contributed by atoms with E-state index < -0.39 is 0 Å². The van der Waals surface area contributed by atoms with Gasteiger partial charge in [-0.15, -0.1) is 0 Å². The lowest BCUT2D eigenvalue weighted by atomic mass is 10.0. The van der Waals surface area contributed by atoms with Gasteiger partial charge in [0.1, 0.15) is 0 Å². The van der Waals surface area contributed by atoms with Crippen molar-refractivity contribution in [1.29, 1.82) is 0 Å². The third kappa shape index (κ3) is 43.4. The van der Waals surface area contributed by atoms with Crippen molar-refractivity contribution in [2.45, 2.75) is 264 Å². The SMILES string of the molecule is CCCCCCCCCCCCCCCCCCCCC=CN=CCCCCCCCCCCCCCCCCCCCCC. The van der Waals surface area contributed by atoms with Gasteiger partial charge in [-0.2, -0.15) is 0 Å². The van der Waals surface area contributed by atoms with Gasteiger partial charge in [-0.1, -0.05) is 245 Å². The van der Waals surface area contributed by atoms with Crippen LogP contribution in [0.4, 0.5) is 0 Å². The molecule has 1 heteroatoms. The Bertz CT molecular complexity index is 549. The summed E-state index contributed by atoms with van der Waals surface area (Å²) < 4.78 is 0. The van der Waals surface area contributed by atoms with Crippen LogP contribution in [0.25, 0.3) is 0 Å². The van der Waals surface area contributed by atoms with Crippen LogP contribution in [0.5, 0.6) is 0 Å². The van der Waals surface area contributed by atoms with Gasteiger partial charge >= 0.3 is 0 Å². The summed E-state index contributed by atoms with van der Waals surface area (Å²) in [7, 11) is 0. The van der Waals surface area contributed by atoms with E-state index in [9.17, 15) is 0 Å². The van der Waals surface area contributed by atoms with E-state index in [1.54, 1.807) is 0 Å². The third-order valence-corrected chi connectivity index (χ3v) is 9.96. The molecule has 0 heterocycles. The van der Waals surface area contributed by atoms with E-state index in [0.717, 1.165) is 6.42 Å². The van der Waals surface area contributed by atoms with Crippen LogP contribution in [-0.4, -0.2) is 6.21 Å². The summed E-state index contributed by atoms with van der Waals surface area (Å²) in [5.74, 6) is 0. The minimum Gasteiger partial charge on any atom is -0.269 e. The molecule has 0 fully saturated rings. The highest BCUT2D eigenvalue weighted by Crippen LogP contribution is 2.16. The van der Waals surface area contributed by atoms with Gasteiger partial charge in [0, 0.05) is 12.4 Å². The summed E-state index contributed by atoms with van der Waals surface area (Å²) in [6.45, 7) is 4.61. The minimum absolute atomic E-state index is 1.16. The van der Waals surface area contributed by atoms with Crippen molar-refractivity contribution in [3.63, 3.8) is 0 Å². The van der Waals surface area contributed by atoms with Gasteiger partial charge in [-0.3, -0.25) is 4.99 Å². The lowest BCUT2D eigenvalue weighted by Gasteiger charge is -2.03. The molecule has 45 heavy (non-hydrogen) atoms. The number of hydrogen-bond donors (Lipinski definition) is 0. The second kappa shape index (κ2) is 43.4. The van der Waals surface area contributed by atoms with Gasteiger partial charge < -0.3 is 0 Å². The van der Waals surface area contributed by atoms with Crippen molar-refractivity contribution in [1.82, 2.24) is 0 Å². The van der Waals surface area contributed by atoms with Gasteiger partial charge in [0.25, 0.3) is 0 Å². The highest BCUT2D eigenvalue weighted by atomic mass is 14.7. The standard InChI is InChI=1S/C44H87N/c1-3-5-7-9-11-13-15-17-19-21-23-25-27-29-31-33-35-37-39-41-43-45-44-42-40-38-36-34-32-30-28-26-24-22-20-18-16-14-12-10-8-6-4-2/h41,43-44H,3-40,42H2,1-2H3. The van der Waals surface area contributed by atoms with E-state index in [1.807, 2.05) is 6.20 Å². The fraction of sp³-hybridized carbons (Fsp3) is 0.932. The molecule has 0 saturated heterocycles. The molecule has 1 nitrogen and oxygen atoms in total. The third-order valence-electron chi connectivity index (χ3n) is 9.96. The molecule has 0 aromatic rings. The maximum atomic E-state index is 4.50. The summed E-state index contributed by atoms with van der Waals surface area (Å²) in [5, 5.41) is 0. The average Bonchev–Trinajstić information content (AvgIpc) is 3.05. The van der Waals surface area contributed by atoms with Crippen LogP contribution in [0.2, 0.25) is 0 Å². The number of allylic oxidation sites excluding steroid dienone is 1. The Morgan fingerprint density at radius 2 is 0.489 bits per heavy atom. The zero-order chi connectivity index (χ0) is 32.4. The fourth-order valence-electron chi connectivity index (χ4n) is 6.75. The number of unbranched alkanes of at least 4 members (excludes halogenated alkanes) is 37. The molecule has 0 aliphatic carbocycles. The molecule has 0 saturated carbocycles. The van der Waals surface area contributed by atoms with Crippen molar-refractivity contribution in [2.24, 2.45) is 4.99 Å². The molecule has 0 atom stereocenters. The molecule has 0 radical (unpaired) electrons. The van der Waals surface area contributed by atoms with Crippen LogP contribution >= 0.6 is 0 Å². The Morgan fingerprint density at radius 1 is 0.267 bits per heavy atom. The zero-order valence-corrected chi connectivity index (χ0v) is 31.8. The minimum atomic E-state index is 1.16. The summed E-state index contributed by atoms with van der Waals surface area (Å²) in [5.41, 5.74) is 0. The normalized spacial score (nSPS) is 12.0. The summed E-state index contributed by atoms with van der Waals surface area (Å²) in [4.78, 5) is 4.50.